The molecular weight excluding hydrogens is 533 g/mol. The largest absolute Gasteiger partial charge is 0.496 e. The summed E-state index contributed by atoms with van der Waals surface area (Å²) in [7, 11) is -2.62. The Hall–Kier alpha value is -2.20. The number of carbonyl (C=O) groups excluding carboxylic acids is 1. The molecule has 1 heterocycles. The van der Waals surface area contributed by atoms with Crippen molar-refractivity contribution in [2.24, 2.45) is 0 Å². The quantitative estimate of drug-likeness (QED) is 0.186. The molecule has 0 saturated heterocycles. The highest BCUT2D eigenvalue weighted by molar-refractivity contribution is 6.74. The van der Waals surface area contributed by atoms with Gasteiger partial charge in [-0.2, -0.15) is 0 Å². The average Bonchev–Trinajstić information content (AvgIpc) is 3.21. The molecule has 0 spiro atoms. The highest BCUT2D eigenvalue weighted by atomic mass is 28.4. The van der Waals surface area contributed by atoms with Crippen LogP contribution in [0.15, 0.2) is 30.9 Å². The molecule has 218 valence electrons. The first kappa shape index (κ1) is 30.8. The lowest BCUT2D eigenvalue weighted by molar-refractivity contribution is 0.0530. The zero-order chi connectivity index (χ0) is 30.0. The van der Waals surface area contributed by atoms with E-state index in [9.17, 15) is 4.79 Å². The molecule has 2 unspecified atom stereocenters. The maximum atomic E-state index is 13.4. The maximum absolute atomic E-state index is 13.4. The van der Waals surface area contributed by atoms with Crippen molar-refractivity contribution in [1.29, 1.82) is 0 Å². The summed E-state index contributed by atoms with van der Waals surface area (Å²) in [5, 5.41) is 0.0414. The monoisotopic (exact) mass is 580 g/mol. The number of aryl methyl sites for hydroxylation is 1. The molecule has 0 radical (unpaired) electrons. The average molecular weight is 581 g/mol. The van der Waals surface area contributed by atoms with Crippen molar-refractivity contribution < 1.29 is 23.1 Å². The molecule has 0 N–H and O–H groups in total. The molecular formula is C33H48O5Si2. The van der Waals surface area contributed by atoms with Crippen LogP contribution in [0.25, 0.3) is 11.1 Å². The van der Waals surface area contributed by atoms with Crippen molar-refractivity contribution in [3.05, 3.63) is 64.2 Å². The first-order chi connectivity index (χ1) is 18.3. The van der Waals surface area contributed by atoms with Gasteiger partial charge in [-0.1, -0.05) is 53.7 Å². The third-order valence-corrected chi connectivity index (χ3v) is 18.5. The van der Waals surface area contributed by atoms with Crippen molar-refractivity contribution in [1.82, 2.24) is 0 Å². The van der Waals surface area contributed by atoms with Gasteiger partial charge in [-0.25, -0.2) is 4.79 Å². The Bertz CT molecular complexity index is 1340. The molecule has 2 aromatic rings. The molecule has 0 bridgehead atoms. The van der Waals surface area contributed by atoms with Crippen LogP contribution in [0.3, 0.4) is 0 Å². The summed E-state index contributed by atoms with van der Waals surface area (Å²) in [6.45, 7) is 29.0. The van der Waals surface area contributed by atoms with E-state index in [0.717, 1.165) is 45.6 Å². The summed E-state index contributed by atoms with van der Waals surface area (Å²) in [5.74, 6) is 0.532. The first-order valence-electron chi connectivity index (χ1n) is 14.4. The standard InChI is InChI=1S/C33H48O5Si2/c1-14-25(37-39(10,11)32(3,4)5)22-18-23-28-21(15-20(2)16-26(28)35-9)17-27(38-40(12,13)33(6,7)8)29(23)24-19-36-31(34)30(22)24/h14-16,18,25,27H,1,17,19H2,2-13H3. The number of cyclic esters (lactones) is 1. The van der Waals surface area contributed by atoms with Gasteiger partial charge in [0, 0.05) is 17.5 Å². The number of methoxy groups -OCH3 is 1. The molecule has 0 aromatic heterocycles. The second-order valence-electron chi connectivity index (χ2n) is 14.5. The predicted molar refractivity (Wildman–Crippen MR) is 168 cm³/mol. The van der Waals surface area contributed by atoms with Crippen molar-refractivity contribution in [2.75, 3.05) is 7.11 Å². The Morgan fingerprint density at radius 1 is 1.00 bits per heavy atom. The lowest BCUT2D eigenvalue weighted by Crippen LogP contribution is -2.43. The van der Waals surface area contributed by atoms with Crippen LogP contribution in [0.1, 0.15) is 91.9 Å². The van der Waals surface area contributed by atoms with Gasteiger partial charge in [0.05, 0.1) is 24.9 Å². The van der Waals surface area contributed by atoms with Gasteiger partial charge in [0.1, 0.15) is 12.4 Å². The molecule has 2 aromatic carbocycles. The minimum absolute atomic E-state index is 0.00159. The number of carbonyl (C=O) groups is 1. The highest BCUT2D eigenvalue weighted by Crippen LogP contribution is 2.53. The fourth-order valence-corrected chi connectivity index (χ4v) is 7.78. The van der Waals surface area contributed by atoms with Crippen LogP contribution in [-0.2, 0) is 26.6 Å². The van der Waals surface area contributed by atoms with E-state index < -0.39 is 22.7 Å². The molecule has 5 nitrogen and oxygen atoms in total. The highest BCUT2D eigenvalue weighted by Gasteiger charge is 2.45. The smallest absolute Gasteiger partial charge is 0.339 e. The Kier molecular flexibility index (Phi) is 7.89. The molecule has 1 aliphatic carbocycles. The van der Waals surface area contributed by atoms with Gasteiger partial charge in [-0.15, -0.1) is 6.58 Å². The maximum Gasteiger partial charge on any atom is 0.339 e. The number of rotatable bonds is 7. The van der Waals surface area contributed by atoms with Gasteiger partial charge in [0.15, 0.2) is 16.6 Å². The molecule has 7 heteroatoms. The number of fused-ring (bicyclic) bond motifs is 5. The van der Waals surface area contributed by atoms with E-state index in [1.165, 1.54) is 5.56 Å². The third kappa shape index (κ3) is 5.26. The summed E-state index contributed by atoms with van der Waals surface area (Å²) in [4.78, 5) is 13.4. The number of hydrogen-bond donors (Lipinski definition) is 0. The molecule has 0 fully saturated rings. The third-order valence-electron chi connectivity index (χ3n) is 9.59. The van der Waals surface area contributed by atoms with E-state index in [1.54, 1.807) is 7.11 Å². The van der Waals surface area contributed by atoms with Crippen LogP contribution in [0.5, 0.6) is 5.75 Å². The normalized spacial score (nSPS) is 18.0. The van der Waals surface area contributed by atoms with Crippen molar-refractivity contribution in [3.63, 3.8) is 0 Å². The Morgan fingerprint density at radius 2 is 1.62 bits per heavy atom. The first-order valence-corrected chi connectivity index (χ1v) is 20.2. The van der Waals surface area contributed by atoms with E-state index in [0.29, 0.717) is 5.56 Å². The number of esters is 1. The van der Waals surface area contributed by atoms with Gasteiger partial charge < -0.3 is 18.3 Å². The van der Waals surface area contributed by atoms with E-state index >= 15 is 0 Å². The van der Waals surface area contributed by atoms with Crippen LogP contribution >= 0.6 is 0 Å². The molecule has 2 aliphatic rings. The predicted octanol–water partition coefficient (Wildman–Crippen LogP) is 9.21. The van der Waals surface area contributed by atoms with Crippen molar-refractivity contribution >= 4 is 22.6 Å². The zero-order valence-corrected chi connectivity index (χ0v) is 28.6. The number of benzene rings is 2. The molecule has 40 heavy (non-hydrogen) atoms. The van der Waals surface area contributed by atoms with Gasteiger partial charge in [-0.3, -0.25) is 0 Å². The summed E-state index contributed by atoms with van der Waals surface area (Å²) in [6, 6.07) is 6.47. The van der Waals surface area contributed by atoms with Crippen molar-refractivity contribution in [2.45, 2.75) is 110 Å². The molecule has 4 rings (SSSR count). The second kappa shape index (κ2) is 10.3. The van der Waals surface area contributed by atoms with Crippen LogP contribution in [0, 0.1) is 6.92 Å². The topological polar surface area (TPSA) is 54.0 Å². The van der Waals surface area contributed by atoms with Crippen LogP contribution in [-0.4, -0.2) is 29.7 Å². The van der Waals surface area contributed by atoms with Crippen LogP contribution in [0.2, 0.25) is 36.3 Å². The van der Waals surface area contributed by atoms with E-state index in [1.807, 2.05) is 6.08 Å². The molecule has 1 aliphatic heterocycles. The van der Waals surface area contributed by atoms with E-state index in [-0.39, 0.29) is 28.8 Å². The van der Waals surface area contributed by atoms with Gasteiger partial charge in [0.25, 0.3) is 0 Å². The van der Waals surface area contributed by atoms with E-state index in [4.69, 9.17) is 18.3 Å². The number of hydrogen-bond acceptors (Lipinski definition) is 5. The zero-order valence-electron chi connectivity index (χ0n) is 26.6. The molecule has 0 saturated carbocycles. The van der Waals surface area contributed by atoms with Crippen LogP contribution < -0.4 is 4.74 Å². The Labute approximate surface area is 243 Å². The minimum atomic E-state index is -2.19. The fraction of sp³-hybridized carbons (Fsp3) is 0.545. The Balaban J connectivity index is 2.02. The molecule has 0 amide bonds. The molecule has 2 atom stereocenters. The minimum Gasteiger partial charge on any atom is -0.496 e. The van der Waals surface area contributed by atoms with Gasteiger partial charge >= 0.3 is 5.97 Å². The summed E-state index contributed by atoms with van der Waals surface area (Å²) >= 11 is 0. The van der Waals surface area contributed by atoms with E-state index in [2.05, 4.69) is 99.4 Å². The van der Waals surface area contributed by atoms with Crippen molar-refractivity contribution in [3.8, 4) is 16.9 Å². The lowest BCUT2D eigenvalue weighted by Gasteiger charge is -2.42. The fourth-order valence-electron chi connectivity index (χ4n) is 5.30. The summed E-state index contributed by atoms with van der Waals surface area (Å²) in [6.07, 6.45) is 1.93. The van der Waals surface area contributed by atoms with Crippen LogP contribution in [0.4, 0.5) is 0 Å². The van der Waals surface area contributed by atoms with Gasteiger partial charge in [0.2, 0.25) is 0 Å². The Morgan fingerprint density at radius 3 is 2.17 bits per heavy atom. The lowest BCUT2D eigenvalue weighted by atomic mass is 9.77. The summed E-state index contributed by atoms with van der Waals surface area (Å²) in [5.41, 5.74) is 7.86. The SMILES string of the molecule is C=CC(O[Si](C)(C)C(C)(C)C)c1cc2c(c3c1C(=O)OC3)C(O[Si](C)(C)C(C)(C)C)Cc1cc(C)cc(OC)c1-2. The summed E-state index contributed by atoms with van der Waals surface area (Å²) < 4.78 is 25.7. The van der Waals surface area contributed by atoms with Gasteiger partial charge in [-0.05, 0) is 83.1 Å². The number of ether oxygens (including phenoxy) is 2. The second-order valence-corrected chi connectivity index (χ2v) is 24.0.